The summed E-state index contributed by atoms with van der Waals surface area (Å²) in [4.78, 5) is 0. The fraction of sp³-hybridized carbons (Fsp3) is 0.562. The van der Waals surface area contributed by atoms with Crippen LogP contribution in [-0.4, -0.2) is 0 Å². The van der Waals surface area contributed by atoms with Crippen molar-refractivity contribution in [3.63, 3.8) is 0 Å². The van der Waals surface area contributed by atoms with E-state index in [0.717, 1.165) is 5.03 Å². The smallest absolute Gasteiger partial charge is 0.0452 e. The minimum atomic E-state index is 0.0390. The average molecular weight is 251 g/mol. The molecule has 0 aromatic rings. The Kier molecular flexibility index (Phi) is 3.81. The fourth-order valence-electron chi connectivity index (χ4n) is 2.37. The standard InChI is InChI=1S/C16H23Cl/c1-11-9-8-10-12(17)14(16(5,6)7)13(11)15(2,3)4/h8,10H,1-7H3. The molecular weight excluding hydrogens is 228 g/mol. The molecule has 0 bridgehead atoms. The van der Waals surface area contributed by atoms with E-state index in [-0.39, 0.29) is 10.8 Å². The van der Waals surface area contributed by atoms with Gasteiger partial charge in [0.25, 0.3) is 0 Å². The van der Waals surface area contributed by atoms with Crippen molar-refractivity contribution in [3.05, 3.63) is 39.6 Å². The van der Waals surface area contributed by atoms with Crippen LogP contribution in [0.3, 0.4) is 0 Å². The molecule has 17 heavy (non-hydrogen) atoms. The third kappa shape index (κ3) is 3.15. The van der Waals surface area contributed by atoms with E-state index in [0.29, 0.717) is 0 Å². The Morgan fingerprint density at radius 3 is 1.82 bits per heavy atom. The van der Waals surface area contributed by atoms with E-state index in [9.17, 15) is 0 Å². The second-order valence-corrected chi connectivity index (χ2v) is 7.11. The largest absolute Gasteiger partial charge is 0.117 e. The van der Waals surface area contributed by atoms with Crippen LogP contribution < -0.4 is 0 Å². The van der Waals surface area contributed by atoms with Gasteiger partial charge in [0.1, 0.15) is 0 Å². The summed E-state index contributed by atoms with van der Waals surface area (Å²) >= 11 is 6.46. The van der Waals surface area contributed by atoms with E-state index in [4.69, 9.17) is 11.6 Å². The van der Waals surface area contributed by atoms with Gasteiger partial charge < -0.3 is 0 Å². The SMILES string of the molecule is CC1=C=CC=C(Cl)C(C(C)(C)C)=C1C(C)(C)C. The highest BCUT2D eigenvalue weighted by Crippen LogP contribution is 2.44. The number of hydrogen-bond acceptors (Lipinski definition) is 0. The second-order valence-electron chi connectivity index (χ2n) is 6.70. The monoisotopic (exact) mass is 250 g/mol. The molecule has 1 heteroatoms. The van der Waals surface area contributed by atoms with Crippen LogP contribution in [0.5, 0.6) is 0 Å². The van der Waals surface area contributed by atoms with Gasteiger partial charge in [-0.1, -0.05) is 53.1 Å². The van der Waals surface area contributed by atoms with Crippen LogP contribution in [0.1, 0.15) is 48.5 Å². The minimum Gasteiger partial charge on any atom is -0.117 e. The summed E-state index contributed by atoms with van der Waals surface area (Å²) in [5.41, 5.74) is 7.17. The molecule has 0 aliphatic heterocycles. The molecule has 1 aliphatic rings. The maximum Gasteiger partial charge on any atom is 0.0452 e. The zero-order valence-electron chi connectivity index (χ0n) is 12.0. The Balaban J connectivity index is 3.66. The van der Waals surface area contributed by atoms with Gasteiger partial charge in [0.05, 0.1) is 0 Å². The lowest BCUT2D eigenvalue weighted by atomic mass is 9.73. The van der Waals surface area contributed by atoms with E-state index >= 15 is 0 Å². The third-order valence-electron chi connectivity index (χ3n) is 2.89. The molecule has 0 fully saturated rings. The van der Waals surface area contributed by atoms with Gasteiger partial charge in [-0.3, -0.25) is 0 Å². The Labute approximate surface area is 111 Å². The van der Waals surface area contributed by atoms with Crippen LogP contribution in [0.25, 0.3) is 0 Å². The van der Waals surface area contributed by atoms with Crippen LogP contribution in [0.4, 0.5) is 0 Å². The Morgan fingerprint density at radius 1 is 0.941 bits per heavy atom. The molecule has 0 unspecified atom stereocenters. The van der Waals surface area contributed by atoms with Gasteiger partial charge in [-0.15, -0.1) is 5.73 Å². The van der Waals surface area contributed by atoms with Gasteiger partial charge >= 0.3 is 0 Å². The number of halogens is 1. The zero-order chi connectivity index (χ0) is 13.4. The highest BCUT2D eigenvalue weighted by molar-refractivity contribution is 6.32. The predicted octanol–water partition coefficient (Wildman–Crippen LogP) is 5.61. The van der Waals surface area contributed by atoms with Gasteiger partial charge in [-0.25, -0.2) is 0 Å². The molecule has 0 amide bonds. The van der Waals surface area contributed by atoms with Gasteiger partial charge in [-0.05, 0) is 46.6 Å². The molecule has 0 aromatic heterocycles. The maximum atomic E-state index is 6.46. The number of allylic oxidation sites excluding steroid dienone is 5. The Morgan fingerprint density at radius 2 is 1.41 bits per heavy atom. The first-order valence-electron chi connectivity index (χ1n) is 6.10. The first-order valence-corrected chi connectivity index (χ1v) is 6.48. The molecule has 1 aliphatic carbocycles. The fourth-order valence-corrected chi connectivity index (χ4v) is 2.81. The summed E-state index contributed by atoms with van der Waals surface area (Å²) in [6.07, 6.45) is 3.87. The van der Waals surface area contributed by atoms with E-state index in [1.54, 1.807) is 0 Å². The van der Waals surface area contributed by atoms with Crippen molar-refractivity contribution in [2.45, 2.75) is 48.5 Å². The molecule has 0 saturated heterocycles. The maximum absolute atomic E-state index is 6.46. The predicted molar refractivity (Wildman–Crippen MR) is 77.1 cm³/mol. The van der Waals surface area contributed by atoms with Crippen molar-refractivity contribution in [3.8, 4) is 0 Å². The van der Waals surface area contributed by atoms with Crippen molar-refractivity contribution in [1.29, 1.82) is 0 Å². The summed E-state index contributed by atoms with van der Waals surface area (Å²) in [6.45, 7) is 15.4. The van der Waals surface area contributed by atoms with Crippen molar-refractivity contribution >= 4 is 11.6 Å². The van der Waals surface area contributed by atoms with Crippen LogP contribution >= 0.6 is 11.6 Å². The Bertz CT molecular complexity index is 439. The summed E-state index contributed by atoms with van der Waals surface area (Å²) in [6, 6.07) is 0. The van der Waals surface area contributed by atoms with Crippen LogP contribution in [0.15, 0.2) is 39.6 Å². The molecule has 94 valence electrons. The average Bonchev–Trinajstić information content (AvgIpc) is 2.22. The van der Waals surface area contributed by atoms with Crippen molar-refractivity contribution in [1.82, 2.24) is 0 Å². The van der Waals surface area contributed by atoms with Crippen molar-refractivity contribution in [2.75, 3.05) is 0 Å². The molecule has 1 rings (SSSR count). The van der Waals surface area contributed by atoms with Gasteiger partial charge in [-0.2, -0.15) is 0 Å². The lowest BCUT2D eigenvalue weighted by Crippen LogP contribution is -2.20. The number of rotatable bonds is 0. The highest BCUT2D eigenvalue weighted by Gasteiger charge is 2.31. The lowest BCUT2D eigenvalue weighted by Gasteiger charge is -2.33. The van der Waals surface area contributed by atoms with Crippen molar-refractivity contribution in [2.24, 2.45) is 10.8 Å². The van der Waals surface area contributed by atoms with Crippen LogP contribution in [-0.2, 0) is 0 Å². The van der Waals surface area contributed by atoms with E-state index in [1.807, 2.05) is 12.2 Å². The molecule has 0 nitrogen and oxygen atoms in total. The van der Waals surface area contributed by atoms with Crippen LogP contribution in [0.2, 0.25) is 0 Å². The molecule has 0 spiro atoms. The molecule has 0 N–H and O–H groups in total. The topological polar surface area (TPSA) is 0 Å². The zero-order valence-corrected chi connectivity index (χ0v) is 12.8. The van der Waals surface area contributed by atoms with E-state index < -0.39 is 0 Å². The first-order chi connectivity index (χ1) is 7.55. The van der Waals surface area contributed by atoms with Gasteiger partial charge in [0.2, 0.25) is 0 Å². The van der Waals surface area contributed by atoms with Crippen molar-refractivity contribution < 1.29 is 0 Å². The van der Waals surface area contributed by atoms with E-state index in [1.165, 1.54) is 16.7 Å². The lowest BCUT2D eigenvalue weighted by molar-refractivity contribution is 0.457. The van der Waals surface area contributed by atoms with Gasteiger partial charge in [0, 0.05) is 5.03 Å². The molecular formula is C16H23Cl. The summed E-state index contributed by atoms with van der Waals surface area (Å²) in [7, 11) is 0. The first kappa shape index (κ1) is 14.4. The van der Waals surface area contributed by atoms with Crippen LogP contribution in [0, 0.1) is 10.8 Å². The summed E-state index contributed by atoms with van der Waals surface area (Å²) in [5, 5.41) is 0.840. The molecule has 0 saturated carbocycles. The quantitative estimate of drug-likeness (QED) is 0.490. The number of hydrogen-bond donors (Lipinski definition) is 0. The minimum absolute atomic E-state index is 0.0390. The molecule has 0 radical (unpaired) electrons. The van der Waals surface area contributed by atoms with Gasteiger partial charge in [0.15, 0.2) is 0 Å². The summed E-state index contributed by atoms with van der Waals surface area (Å²) < 4.78 is 0. The Hall–Kier alpha value is -0.710. The van der Waals surface area contributed by atoms with E-state index in [2.05, 4.69) is 54.2 Å². The third-order valence-corrected chi connectivity index (χ3v) is 3.21. The molecule has 0 atom stereocenters. The second kappa shape index (κ2) is 4.52. The highest BCUT2D eigenvalue weighted by atomic mass is 35.5. The molecule has 0 aromatic carbocycles. The summed E-state index contributed by atoms with van der Waals surface area (Å²) in [5.74, 6) is 0. The molecule has 0 heterocycles. The normalized spacial score (nSPS) is 17.9.